The number of unbranched alkanes of at least 4 members (excludes halogenated alkanes) is 1. The first-order valence-corrected chi connectivity index (χ1v) is 6.77. The van der Waals surface area contributed by atoms with Crippen LogP contribution in [0.5, 0.6) is 0 Å². The van der Waals surface area contributed by atoms with Crippen LogP contribution in [0.4, 0.5) is 4.79 Å². The molecule has 1 aromatic carbocycles. The third-order valence-corrected chi connectivity index (χ3v) is 2.97. The molecule has 0 fully saturated rings. The minimum Gasteiger partial charge on any atom is -0.481 e. The predicted molar refractivity (Wildman–Crippen MR) is 75.3 cm³/mol. The van der Waals surface area contributed by atoms with Gasteiger partial charge < -0.3 is 15.2 Å². The quantitative estimate of drug-likeness (QED) is 0.717. The highest BCUT2D eigenvalue weighted by molar-refractivity contribution is 5.69. The summed E-state index contributed by atoms with van der Waals surface area (Å²) in [4.78, 5) is 22.0. The maximum atomic E-state index is 11.4. The Balaban J connectivity index is 2.05. The summed E-state index contributed by atoms with van der Waals surface area (Å²) in [7, 11) is 0. The van der Waals surface area contributed by atoms with E-state index in [1.807, 2.05) is 30.3 Å². The van der Waals surface area contributed by atoms with E-state index >= 15 is 0 Å². The van der Waals surface area contributed by atoms with Crippen LogP contribution in [0.15, 0.2) is 30.3 Å². The summed E-state index contributed by atoms with van der Waals surface area (Å²) in [5.74, 6) is -1.11. The van der Waals surface area contributed by atoms with E-state index in [0.29, 0.717) is 13.0 Å². The molecule has 2 N–H and O–H groups in total. The molecule has 110 valence electrons. The van der Waals surface area contributed by atoms with Gasteiger partial charge >= 0.3 is 12.1 Å². The van der Waals surface area contributed by atoms with Gasteiger partial charge in [0.15, 0.2) is 0 Å². The van der Waals surface area contributed by atoms with Crippen LogP contribution in [-0.4, -0.2) is 23.7 Å². The summed E-state index contributed by atoms with van der Waals surface area (Å²) in [5.41, 5.74) is 0.943. The number of rotatable bonds is 8. The van der Waals surface area contributed by atoms with Crippen LogP contribution < -0.4 is 5.32 Å². The maximum absolute atomic E-state index is 11.4. The molecule has 20 heavy (non-hydrogen) atoms. The Kier molecular flexibility index (Phi) is 7.17. The van der Waals surface area contributed by atoms with Gasteiger partial charge in [-0.15, -0.1) is 0 Å². The van der Waals surface area contributed by atoms with Crippen LogP contribution in [-0.2, 0) is 16.1 Å². The second-order valence-corrected chi connectivity index (χ2v) is 4.72. The third kappa shape index (κ3) is 6.78. The fourth-order valence-corrected chi connectivity index (χ4v) is 1.66. The van der Waals surface area contributed by atoms with Gasteiger partial charge in [0.25, 0.3) is 0 Å². The average Bonchev–Trinajstić information content (AvgIpc) is 2.45. The Morgan fingerprint density at radius 3 is 2.60 bits per heavy atom. The van der Waals surface area contributed by atoms with E-state index in [0.717, 1.165) is 18.4 Å². The van der Waals surface area contributed by atoms with Gasteiger partial charge in [0.1, 0.15) is 6.61 Å². The van der Waals surface area contributed by atoms with E-state index in [9.17, 15) is 9.59 Å². The van der Waals surface area contributed by atoms with Crippen molar-refractivity contribution < 1.29 is 19.4 Å². The molecule has 1 amide bonds. The maximum Gasteiger partial charge on any atom is 0.407 e. The van der Waals surface area contributed by atoms with Crippen LogP contribution in [0, 0.1) is 5.92 Å². The van der Waals surface area contributed by atoms with Gasteiger partial charge in [0, 0.05) is 6.54 Å². The molecule has 0 bridgehead atoms. The zero-order valence-corrected chi connectivity index (χ0v) is 11.7. The molecular formula is C15H21NO4. The number of alkyl carbamates (subject to hydrolysis) is 1. The highest BCUT2D eigenvalue weighted by Gasteiger charge is 2.09. The first-order valence-electron chi connectivity index (χ1n) is 6.77. The number of carbonyl (C=O) groups excluding carboxylic acids is 1. The normalized spacial score (nSPS) is 11.7. The Morgan fingerprint density at radius 2 is 1.95 bits per heavy atom. The van der Waals surface area contributed by atoms with Crippen LogP contribution >= 0.6 is 0 Å². The lowest BCUT2D eigenvalue weighted by Crippen LogP contribution is -2.25. The highest BCUT2D eigenvalue weighted by atomic mass is 16.5. The van der Waals surface area contributed by atoms with E-state index < -0.39 is 12.1 Å². The molecule has 5 nitrogen and oxygen atoms in total. The zero-order chi connectivity index (χ0) is 14.8. The second kappa shape index (κ2) is 8.96. The van der Waals surface area contributed by atoms with Gasteiger partial charge in [-0.3, -0.25) is 4.79 Å². The molecule has 0 unspecified atom stereocenters. The highest BCUT2D eigenvalue weighted by Crippen LogP contribution is 2.07. The van der Waals surface area contributed by atoms with Crippen molar-refractivity contribution in [3.05, 3.63) is 35.9 Å². The Morgan fingerprint density at radius 1 is 1.25 bits per heavy atom. The van der Waals surface area contributed by atoms with Gasteiger partial charge in [0.2, 0.25) is 0 Å². The third-order valence-electron chi connectivity index (χ3n) is 2.97. The van der Waals surface area contributed by atoms with Crippen molar-refractivity contribution in [2.45, 2.75) is 32.8 Å². The molecule has 0 spiro atoms. The largest absolute Gasteiger partial charge is 0.481 e. The molecule has 0 radical (unpaired) electrons. The molecule has 1 atom stereocenters. The Bertz CT molecular complexity index is 419. The van der Waals surface area contributed by atoms with Crippen molar-refractivity contribution in [2.75, 3.05) is 6.54 Å². The average molecular weight is 279 g/mol. The molecule has 0 heterocycles. The fourth-order valence-electron chi connectivity index (χ4n) is 1.66. The fraction of sp³-hybridized carbons (Fsp3) is 0.467. The summed E-state index contributed by atoms with van der Waals surface area (Å²) >= 11 is 0. The van der Waals surface area contributed by atoms with Crippen molar-refractivity contribution in [2.24, 2.45) is 5.92 Å². The standard InChI is InChI=1S/C15H21NO4/c1-12(14(17)18)7-5-6-10-16-15(19)20-11-13-8-3-2-4-9-13/h2-4,8-9,12H,5-7,10-11H2,1H3,(H,16,19)(H,17,18)/t12-/m0/s1. The van der Waals surface area contributed by atoms with Crippen LogP contribution in [0.25, 0.3) is 0 Å². The minimum atomic E-state index is -0.778. The predicted octanol–water partition coefficient (Wildman–Crippen LogP) is 2.80. The van der Waals surface area contributed by atoms with Crippen molar-refractivity contribution in [3.63, 3.8) is 0 Å². The summed E-state index contributed by atoms with van der Waals surface area (Å²) in [6, 6.07) is 9.46. The SMILES string of the molecule is C[C@@H](CCCCNC(=O)OCc1ccccc1)C(=O)O. The molecular weight excluding hydrogens is 258 g/mol. The van der Waals surface area contributed by atoms with Gasteiger partial charge in [-0.2, -0.15) is 0 Å². The van der Waals surface area contributed by atoms with Crippen LogP contribution in [0.3, 0.4) is 0 Å². The number of carboxylic acids is 1. The number of ether oxygens (including phenoxy) is 1. The summed E-state index contributed by atoms with van der Waals surface area (Å²) in [5, 5.41) is 11.4. The molecule has 1 aromatic rings. The smallest absolute Gasteiger partial charge is 0.407 e. The molecule has 5 heteroatoms. The number of amides is 1. The number of aliphatic carboxylic acids is 1. The molecule has 0 aliphatic carbocycles. The van der Waals surface area contributed by atoms with E-state index in [1.54, 1.807) is 6.92 Å². The summed E-state index contributed by atoms with van der Waals surface area (Å²) < 4.78 is 5.05. The number of nitrogens with one attached hydrogen (secondary N) is 1. The van der Waals surface area contributed by atoms with Crippen molar-refractivity contribution in [3.8, 4) is 0 Å². The number of benzene rings is 1. The van der Waals surface area contributed by atoms with Crippen molar-refractivity contribution >= 4 is 12.1 Å². The summed E-state index contributed by atoms with van der Waals surface area (Å²) in [6.07, 6.45) is 1.70. The zero-order valence-electron chi connectivity index (χ0n) is 11.7. The molecule has 1 rings (SSSR count). The number of carboxylic acid groups (broad SMARTS) is 1. The van der Waals surface area contributed by atoms with E-state index in [2.05, 4.69) is 5.32 Å². The van der Waals surface area contributed by atoms with Gasteiger partial charge in [-0.1, -0.05) is 43.7 Å². The first kappa shape index (κ1) is 16.0. The van der Waals surface area contributed by atoms with E-state index in [4.69, 9.17) is 9.84 Å². The second-order valence-electron chi connectivity index (χ2n) is 4.72. The first-order chi connectivity index (χ1) is 9.59. The molecule has 0 saturated carbocycles. The van der Waals surface area contributed by atoms with Crippen molar-refractivity contribution in [1.82, 2.24) is 5.32 Å². The molecule has 0 saturated heterocycles. The topological polar surface area (TPSA) is 75.6 Å². The van der Waals surface area contributed by atoms with Crippen LogP contribution in [0.2, 0.25) is 0 Å². The lowest BCUT2D eigenvalue weighted by atomic mass is 10.0. The number of hydrogen-bond donors (Lipinski definition) is 2. The molecule has 0 aliphatic heterocycles. The lowest BCUT2D eigenvalue weighted by molar-refractivity contribution is -0.141. The van der Waals surface area contributed by atoms with E-state index in [-0.39, 0.29) is 12.5 Å². The van der Waals surface area contributed by atoms with Gasteiger partial charge in [0.05, 0.1) is 5.92 Å². The molecule has 0 aromatic heterocycles. The lowest BCUT2D eigenvalue weighted by Gasteiger charge is -2.08. The van der Waals surface area contributed by atoms with Crippen LogP contribution in [0.1, 0.15) is 31.7 Å². The monoisotopic (exact) mass is 279 g/mol. The van der Waals surface area contributed by atoms with Gasteiger partial charge in [-0.25, -0.2) is 4.79 Å². The van der Waals surface area contributed by atoms with Crippen molar-refractivity contribution in [1.29, 1.82) is 0 Å². The van der Waals surface area contributed by atoms with E-state index in [1.165, 1.54) is 0 Å². The van der Waals surface area contributed by atoms with Gasteiger partial charge in [-0.05, 0) is 18.4 Å². The Hall–Kier alpha value is -2.04. The number of carbonyl (C=O) groups is 2. The Labute approximate surface area is 118 Å². The number of hydrogen-bond acceptors (Lipinski definition) is 3. The minimum absolute atomic E-state index is 0.253. The summed E-state index contributed by atoms with van der Waals surface area (Å²) in [6.45, 7) is 2.44. The molecule has 0 aliphatic rings.